The highest BCUT2D eigenvalue weighted by atomic mass is 35.5. The van der Waals surface area contributed by atoms with Crippen molar-refractivity contribution in [3.63, 3.8) is 0 Å². The van der Waals surface area contributed by atoms with Gasteiger partial charge in [0.15, 0.2) is 11.6 Å². The van der Waals surface area contributed by atoms with Crippen molar-refractivity contribution in [2.24, 2.45) is 10.1 Å². The third kappa shape index (κ3) is 4.94. The molecule has 0 bridgehead atoms. The number of nitrogens with zero attached hydrogens (tertiary/aromatic N) is 3. The molecule has 2 N–H and O–H groups in total. The van der Waals surface area contributed by atoms with E-state index in [1.54, 1.807) is 26.0 Å². The Labute approximate surface area is 172 Å². The molecule has 0 fully saturated rings. The van der Waals surface area contributed by atoms with Gasteiger partial charge in [-0.1, -0.05) is 17.7 Å². The van der Waals surface area contributed by atoms with E-state index in [9.17, 15) is 12.8 Å². The number of aryl methyl sites for hydroxylation is 1. The molecule has 0 unspecified atom stereocenters. The number of hydrogen-bond donors (Lipinski definition) is 1. The number of pyridine rings is 2. The Kier molecular flexibility index (Phi) is 5.92. The van der Waals surface area contributed by atoms with Gasteiger partial charge in [0.2, 0.25) is 10.0 Å². The minimum absolute atomic E-state index is 0.0928. The molecule has 0 aliphatic carbocycles. The molecule has 2 heterocycles. The summed E-state index contributed by atoms with van der Waals surface area (Å²) < 4.78 is 43.0. The van der Waals surface area contributed by atoms with Crippen LogP contribution in [0.1, 0.15) is 16.7 Å². The van der Waals surface area contributed by atoms with Crippen molar-refractivity contribution < 1.29 is 17.5 Å². The lowest BCUT2D eigenvalue weighted by Gasteiger charge is -2.10. The maximum Gasteiger partial charge on any atom is 0.256 e. The van der Waals surface area contributed by atoms with Crippen LogP contribution in [0.3, 0.4) is 0 Å². The highest BCUT2D eigenvalue weighted by molar-refractivity contribution is 7.89. The molecule has 2 aromatic heterocycles. The minimum Gasteiger partial charge on any atom is -0.435 e. The van der Waals surface area contributed by atoms with Crippen LogP contribution >= 0.6 is 11.6 Å². The maximum atomic E-state index is 13.9. The standard InChI is InChI=1S/C19H16ClFN4O3S/c1-11-3-4-18(29(22,26)27)16(5-11)24-8-13-7-23-10-17(12(13)2)28-19-15(21)6-14(20)9-25-19/h3-10H,1-2H3,(H2,22,26,27). The van der Waals surface area contributed by atoms with Gasteiger partial charge in [0.1, 0.15) is 4.90 Å². The van der Waals surface area contributed by atoms with Gasteiger partial charge in [-0.05, 0) is 37.6 Å². The fourth-order valence-electron chi connectivity index (χ4n) is 2.44. The van der Waals surface area contributed by atoms with Crippen molar-refractivity contribution in [2.75, 3.05) is 0 Å². The second kappa shape index (κ2) is 8.24. The van der Waals surface area contributed by atoms with Crippen LogP contribution in [0.25, 0.3) is 0 Å². The number of hydrogen-bond acceptors (Lipinski definition) is 6. The summed E-state index contributed by atoms with van der Waals surface area (Å²) in [5.74, 6) is -0.698. The Hall–Kier alpha value is -2.88. The Morgan fingerprint density at radius 2 is 1.97 bits per heavy atom. The first-order valence-electron chi connectivity index (χ1n) is 8.26. The van der Waals surface area contributed by atoms with Crippen LogP contribution in [0, 0.1) is 19.7 Å². The summed E-state index contributed by atoms with van der Waals surface area (Å²) in [5, 5.41) is 5.40. The average molecular weight is 435 g/mol. The predicted molar refractivity (Wildman–Crippen MR) is 108 cm³/mol. The molecule has 0 radical (unpaired) electrons. The van der Waals surface area contributed by atoms with E-state index in [-0.39, 0.29) is 27.2 Å². The molecule has 3 rings (SSSR count). The van der Waals surface area contributed by atoms with Crippen molar-refractivity contribution in [2.45, 2.75) is 18.7 Å². The fraction of sp³-hybridized carbons (Fsp3) is 0.105. The maximum absolute atomic E-state index is 13.9. The Morgan fingerprint density at radius 3 is 2.66 bits per heavy atom. The third-order valence-corrected chi connectivity index (χ3v) is 5.12. The van der Waals surface area contributed by atoms with Gasteiger partial charge in [0.05, 0.1) is 16.9 Å². The second-order valence-corrected chi connectivity index (χ2v) is 8.14. The first-order chi connectivity index (χ1) is 13.6. The SMILES string of the molecule is Cc1ccc(S(N)(=O)=O)c(N=Cc2cncc(Oc3ncc(Cl)cc3F)c2C)c1. The van der Waals surface area contributed by atoms with Gasteiger partial charge >= 0.3 is 0 Å². The van der Waals surface area contributed by atoms with E-state index in [0.717, 1.165) is 11.6 Å². The zero-order valence-corrected chi connectivity index (χ0v) is 17.0. The van der Waals surface area contributed by atoms with Gasteiger partial charge in [-0.15, -0.1) is 0 Å². The van der Waals surface area contributed by atoms with E-state index in [1.807, 2.05) is 0 Å². The zero-order chi connectivity index (χ0) is 21.2. The predicted octanol–water partition coefficient (Wildman–Crippen LogP) is 4.08. The van der Waals surface area contributed by atoms with Gasteiger partial charge < -0.3 is 4.74 Å². The van der Waals surface area contributed by atoms with Crippen LogP contribution in [-0.2, 0) is 10.0 Å². The second-order valence-electron chi connectivity index (χ2n) is 6.17. The summed E-state index contributed by atoms with van der Waals surface area (Å²) in [4.78, 5) is 12.0. The largest absolute Gasteiger partial charge is 0.435 e. The number of aromatic nitrogens is 2. The zero-order valence-electron chi connectivity index (χ0n) is 15.4. The van der Waals surface area contributed by atoms with E-state index < -0.39 is 15.8 Å². The van der Waals surface area contributed by atoms with Gasteiger partial charge in [-0.3, -0.25) is 9.98 Å². The molecule has 150 valence electrons. The number of benzene rings is 1. The van der Waals surface area contributed by atoms with Crippen LogP contribution in [0.2, 0.25) is 5.02 Å². The smallest absolute Gasteiger partial charge is 0.256 e. The minimum atomic E-state index is -3.94. The van der Waals surface area contributed by atoms with E-state index in [4.69, 9.17) is 21.5 Å². The van der Waals surface area contributed by atoms with Crippen LogP contribution in [-0.4, -0.2) is 24.6 Å². The first-order valence-corrected chi connectivity index (χ1v) is 10.2. The quantitative estimate of drug-likeness (QED) is 0.609. The summed E-state index contributed by atoms with van der Waals surface area (Å²) in [7, 11) is -3.94. The number of rotatable bonds is 5. The van der Waals surface area contributed by atoms with Crippen molar-refractivity contribution >= 4 is 33.5 Å². The molecule has 0 aliphatic heterocycles. The van der Waals surface area contributed by atoms with E-state index in [1.165, 1.54) is 30.9 Å². The summed E-state index contributed by atoms with van der Waals surface area (Å²) in [6, 6.07) is 5.72. The van der Waals surface area contributed by atoms with Crippen LogP contribution in [0.5, 0.6) is 11.6 Å². The molecule has 7 nitrogen and oxygen atoms in total. The lowest BCUT2D eigenvalue weighted by molar-refractivity contribution is 0.418. The van der Waals surface area contributed by atoms with Crippen LogP contribution in [0.15, 0.2) is 52.7 Å². The monoisotopic (exact) mass is 434 g/mol. The molecule has 3 aromatic rings. The van der Waals surface area contributed by atoms with E-state index >= 15 is 0 Å². The molecule has 1 aromatic carbocycles. The highest BCUT2D eigenvalue weighted by Gasteiger charge is 2.14. The van der Waals surface area contributed by atoms with Crippen molar-refractivity contribution in [1.82, 2.24) is 9.97 Å². The summed E-state index contributed by atoms with van der Waals surface area (Å²) in [5.41, 5.74) is 2.16. The Balaban J connectivity index is 1.96. The van der Waals surface area contributed by atoms with Crippen molar-refractivity contribution in [3.8, 4) is 11.6 Å². The molecule has 29 heavy (non-hydrogen) atoms. The first kappa shape index (κ1) is 20.8. The fourth-order valence-corrected chi connectivity index (χ4v) is 3.25. The molecule has 0 saturated heterocycles. The molecule has 0 saturated carbocycles. The normalized spacial score (nSPS) is 11.8. The topological polar surface area (TPSA) is 108 Å². The molecular weight excluding hydrogens is 419 g/mol. The average Bonchev–Trinajstić information content (AvgIpc) is 2.63. The lowest BCUT2D eigenvalue weighted by Crippen LogP contribution is -2.12. The van der Waals surface area contributed by atoms with Crippen molar-refractivity contribution in [1.29, 1.82) is 0 Å². The molecule has 0 atom stereocenters. The number of primary sulfonamides is 1. The number of aliphatic imine (C=N–C) groups is 1. The molecular formula is C19H16ClFN4O3S. The van der Waals surface area contributed by atoms with Gasteiger partial charge in [0.25, 0.3) is 5.88 Å². The highest BCUT2D eigenvalue weighted by Crippen LogP contribution is 2.28. The number of sulfonamides is 1. The number of nitrogens with two attached hydrogens (primary N) is 1. The summed E-state index contributed by atoms with van der Waals surface area (Å²) in [6.07, 6.45) is 5.62. The van der Waals surface area contributed by atoms with Crippen LogP contribution in [0.4, 0.5) is 10.1 Å². The Bertz CT molecular complexity index is 1220. The number of halogens is 2. The molecule has 0 spiro atoms. The molecule has 0 aliphatic rings. The Morgan fingerprint density at radius 1 is 1.21 bits per heavy atom. The van der Waals surface area contributed by atoms with E-state index in [2.05, 4.69) is 15.0 Å². The van der Waals surface area contributed by atoms with Gasteiger partial charge in [-0.2, -0.15) is 0 Å². The van der Waals surface area contributed by atoms with Crippen molar-refractivity contribution in [3.05, 3.63) is 70.4 Å². The molecule has 0 amide bonds. The lowest BCUT2D eigenvalue weighted by atomic mass is 10.1. The van der Waals surface area contributed by atoms with Crippen LogP contribution < -0.4 is 9.88 Å². The van der Waals surface area contributed by atoms with Gasteiger partial charge in [-0.25, -0.2) is 22.9 Å². The van der Waals surface area contributed by atoms with E-state index in [0.29, 0.717) is 11.1 Å². The molecule has 10 heteroatoms. The van der Waals surface area contributed by atoms with Gasteiger partial charge in [0, 0.05) is 29.7 Å². The summed E-state index contributed by atoms with van der Waals surface area (Å²) >= 11 is 5.69. The third-order valence-electron chi connectivity index (χ3n) is 3.95. The summed E-state index contributed by atoms with van der Waals surface area (Å²) in [6.45, 7) is 3.53. The number of ether oxygens (including phenoxy) is 1.